The Morgan fingerprint density at radius 1 is 1.11 bits per heavy atom. The highest BCUT2D eigenvalue weighted by atomic mass is 19.1. The lowest BCUT2D eigenvalue weighted by molar-refractivity contribution is -0.117. The number of hydrogen-bond acceptors (Lipinski definition) is 3. The van der Waals surface area contributed by atoms with Gasteiger partial charge in [-0.15, -0.1) is 0 Å². The van der Waals surface area contributed by atoms with Crippen molar-refractivity contribution in [2.24, 2.45) is 5.92 Å². The van der Waals surface area contributed by atoms with Gasteiger partial charge in [0.25, 0.3) is 0 Å². The summed E-state index contributed by atoms with van der Waals surface area (Å²) in [6.45, 7) is 0.369. The number of nitrogens with zero attached hydrogens (tertiary/aromatic N) is 1. The molecule has 27 heavy (non-hydrogen) atoms. The molecule has 1 saturated carbocycles. The fraction of sp³-hybridized carbons (Fsp3) is 0.182. The molecule has 1 aliphatic carbocycles. The lowest BCUT2D eigenvalue weighted by Crippen LogP contribution is -2.14. The summed E-state index contributed by atoms with van der Waals surface area (Å²) in [5, 5.41) is 2.94. The van der Waals surface area contributed by atoms with Crippen LogP contribution in [0, 0.1) is 11.7 Å². The first-order valence-corrected chi connectivity index (χ1v) is 8.88. The molecule has 0 aliphatic heterocycles. The third-order valence-corrected chi connectivity index (χ3v) is 4.64. The average Bonchev–Trinajstić information content (AvgIpc) is 3.49. The molecule has 1 heterocycles. The van der Waals surface area contributed by atoms with E-state index in [4.69, 9.17) is 4.74 Å². The Morgan fingerprint density at radius 2 is 1.96 bits per heavy atom. The number of anilines is 1. The van der Waals surface area contributed by atoms with E-state index in [-0.39, 0.29) is 23.6 Å². The van der Waals surface area contributed by atoms with Gasteiger partial charge in [0.15, 0.2) is 0 Å². The summed E-state index contributed by atoms with van der Waals surface area (Å²) in [5.41, 5.74) is 2.54. The molecule has 2 atom stereocenters. The maximum absolute atomic E-state index is 13.0. The molecule has 1 N–H and O–H groups in total. The highest BCUT2D eigenvalue weighted by Crippen LogP contribution is 2.48. The zero-order valence-corrected chi connectivity index (χ0v) is 14.6. The minimum absolute atomic E-state index is 0.0220. The van der Waals surface area contributed by atoms with Crippen LogP contribution >= 0.6 is 0 Å². The largest absolute Gasteiger partial charge is 0.487 e. The third kappa shape index (κ3) is 4.31. The quantitative estimate of drug-likeness (QED) is 0.700. The number of carbonyl (C=O) groups excluding carboxylic acids is 1. The van der Waals surface area contributed by atoms with E-state index in [1.165, 1.54) is 12.1 Å². The van der Waals surface area contributed by atoms with Crippen LogP contribution in [-0.2, 0) is 11.4 Å². The maximum atomic E-state index is 13.0. The predicted molar refractivity (Wildman–Crippen MR) is 101 cm³/mol. The maximum Gasteiger partial charge on any atom is 0.228 e. The molecule has 4 nitrogen and oxygen atoms in total. The number of ether oxygens (including phenoxy) is 1. The first kappa shape index (κ1) is 17.2. The summed E-state index contributed by atoms with van der Waals surface area (Å²) >= 11 is 0. The molecule has 1 fully saturated rings. The van der Waals surface area contributed by atoms with E-state index in [0.717, 1.165) is 17.7 Å². The molecule has 136 valence electrons. The van der Waals surface area contributed by atoms with Gasteiger partial charge in [-0.1, -0.05) is 24.3 Å². The molecule has 0 bridgehead atoms. The average molecular weight is 362 g/mol. The number of pyridine rings is 1. The van der Waals surface area contributed by atoms with Gasteiger partial charge in [0.05, 0.1) is 5.69 Å². The van der Waals surface area contributed by atoms with Crippen molar-refractivity contribution in [3.8, 4) is 5.75 Å². The van der Waals surface area contributed by atoms with Crippen molar-refractivity contribution in [3.05, 3.63) is 90.0 Å². The second-order valence-electron chi connectivity index (χ2n) is 6.63. The van der Waals surface area contributed by atoms with Crippen LogP contribution in [0.4, 0.5) is 10.1 Å². The van der Waals surface area contributed by atoms with Crippen molar-refractivity contribution in [1.82, 2.24) is 4.98 Å². The molecule has 2 aromatic carbocycles. The number of hydrogen-bond donors (Lipinski definition) is 1. The van der Waals surface area contributed by atoms with E-state index in [1.807, 2.05) is 36.4 Å². The smallest absolute Gasteiger partial charge is 0.228 e. The first-order chi connectivity index (χ1) is 13.2. The van der Waals surface area contributed by atoms with Crippen molar-refractivity contribution in [1.29, 1.82) is 0 Å². The van der Waals surface area contributed by atoms with E-state index in [9.17, 15) is 9.18 Å². The van der Waals surface area contributed by atoms with Crippen LogP contribution in [0.2, 0.25) is 0 Å². The number of aromatic nitrogens is 1. The SMILES string of the molecule is O=C(Nc1cccc(OCc2ccccn2)c1)C1CC1c1ccc(F)cc1. The van der Waals surface area contributed by atoms with Crippen LogP contribution in [-0.4, -0.2) is 10.9 Å². The van der Waals surface area contributed by atoms with Gasteiger partial charge in [0.2, 0.25) is 5.91 Å². The van der Waals surface area contributed by atoms with Crippen molar-refractivity contribution >= 4 is 11.6 Å². The summed E-state index contributed by atoms with van der Waals surface area (Å²) < 4.78 is 18.8. The zero-order valence-electron chi connectivity index (χ0n) is 14.6. The Labute approximate surface area is 157 Å². The van der Waals surface area contributed by atoms with Crippen LogP contribution in [0.25, 0.3) is 0 Å². The van der Waals surface area contributed by atoms with Crippen LogP contribution in [0.1, 0.15) is 23.6 Å². The molecule has 0 radical (unpaired) electrons. The van der Waals surface area contributed by atoms with Crippen molar-refractivity contribution < 1.29 is 13.9 Å². The van der Waals surface area contributed by atoms with Crippen molar-refractivity contribution in [3.63, 3.8) is 0 Å². The molecule has 2 unspecified atom stereocenters. The summed E-state index contributed by atoms with van der Waals surface area (Å²) in [7, 11) is 0. The van der Waals surface area contributed by atoms with Gasteiger partial charge in [-0.2, -0.15) is 0 Å². The summed E-state index contributed by atoms with van der Waals surface area (Å²) in [5.74, 6) is 0.473. The highest BCUT2D eigenvalue weighted by molar-refractivity contribution is 5.95. The molecule has 1 amide bonds. The fourth-order valence-electron chi connectivity index (χ4n) is 3.10. The first-order valence-electron chi connectivity index (χ1n) is 8.88. The number of benzene rings is 2. The van der Waals surface area contributed by atoms with Crippen molar-refractivity contribution in [2.45, 2.75) is 18.9 Å². The third-order valence-electron chi connectivity index (χ3n) is 4.64. The standard InChI is InChI=1S/C22H19FN2O2/c23-16-9-7-15(8-10-16)20-13-21(20)22(26)25-17-5-3-6-19(12-17)27-14-18-4-1-2-11-24-18/h1-12,20-21H,13-14H2,(H,25,26). The van der Waals surface area contributed by atoms with Crippen LogP contribution in [0.3, 0.4) is 0 Å². The van der Waals surface area contributed by atoms with E-state index < -0.39 is 0 Å². The fourth-order valence-corrected chi connectivity index (χ4v) is 3.10. The highest BCUT2D eigenvalue weighted by Gasteiger charge is 2.43. The van der Waals surface area contributed by atoms with Gasteiger partial charge in [0, 0.05) is 23.9 Å². The Hall–Kier alpha value is -3.21. The molecule has 4 rings (SSSR count). The summed E-state index contributed by atoms with van der Waals surface area (Å²) in [6, 6.07) is 19.4. The molecule has 0 saturated heterocycles. The van der Waals surface area contributed by atoms with E-state index in [0.29, 0.717) is 18.0 Å². The van der Waals surface area contributed by atoms with Gasteiger partial charge in [-0.05, 0) is 54.3 Å². The lowest BCUT2D eigenvalue weighted by Gasteiger charge is -2.09. The summed E-state index contributed by atoms with van der Waals surface area (Å²) in [6.07, 6.45) is 2.51. The minimum atomic E-state index is -0.261. The molecule has 1 aromatic heterocycles. The van der Waals surface area contributed by atoms with Crippen LogP contribution < -0.4 is 10.1 Å². The van der Waals surface area contributed by atoms with Crippen molar-refractivity contribution in [2.75, 3.05) is 5.32 Å². The molecular formula is C22H19FN2O2. The Bertz CT molecular complexity index is 929. The number of halogens is 1. The number of rotatable bonds is 6. The van der Waals surface area contributed by atoms with Gasteiger partial charge < -0.3 is 10.1 Å². The van der Waals surface area contributed by atoms with Crippen LogP contribution in [0.15, 0.2) is 72.9 Å². The lowest BCUT2D eigenvalue weighted by atomic mass is 10.1. The molecule has 5 heteroatoms. The topological polar surface area (TPSA) is 51.2 Å². The number of nitrogens with one attached hydrogen (secondary N) is 1. The monoisotopic (exact) mass is 362 g/mol. The zero-order chi connectivity index (χ0) is 18.6. The molecule has 0 spiro atoms. The Morgan fingerprint density at radius 3 is 2.74 bits per heavy atom. The van der Waals surface area contributed by atoms with Gasteiger partial charge in [0.1, 0.15) is 18.2 Å². The van der Waals surface area contributed by atoms with E-state index >= 15 is 0 Å². The van der Waals surface area contributed by atoms with E-state index in [2.05, 4.69) is 10.3 Å². The van der Waals surface area contributed by atoms with Gasteiger partial charge in [-0.25, -0.2) is 4.39 Å². The second-order valence-corrected chi connectivity index (χ2v) is 6.63. The minimum Gasteiger partial charge on any atom is -0.487 e. The molecule has 1 aliphatic rings. The van der Waals surface area contributed by atoms with Gasteiger partial charge in [-0.3, -0.25) is 9.78 Å². The molecular weight excluding hydrogens is 343 g/mol. The van der Waals surface area contributed by atoms with Gasteiger partial charge >= 0.3 is 0 Å². The Balaban J connectivity index is 1.34. The molecule has 3 aromatic rings. The number of amides is 1. The van der Waals surface area contributed by atoms with Crippen LogP contribution in [0.5, 0.6) is 5.75 Å². The summed E-state index contributed by atoms with van der Waals surface area (Å²) in [4.78, 5) is 16.7. The Kier molecular flexibility index (Phi) is 4.83. The predicted octanol–water partition coefficient (Wildman–Crippen LogP) is 4.54. The number of carbonyl (C=O) groups is 1. The normalized spacial score (nSPS) is 18.0. The second kappa shape index (κ2) is 7.58. The van der Waals surface area contributed by atoms with E-state index in [1.54, 1.807) is 24.4 Å².